The molecule has 108 valence electrons. The van der Waals surface area contributed by atoms with Gasteiger partial charge in [-0.15, -0.1) is 0 Å². The van der Waals surface area contributed by atoms with Crippen molar-refractivity contribution in [2.75, 3.05) is 18.0 Å². The van der Waals surface area contributed by atoms with E-state index in [1.54, 1.807) is 0 Å². The smallest absolute Gasteiger partial charge is 0.137 e. The van der Waals surface area contributed by atoms with E-state index in [1.807, 2.05) is 26.2 Å². The zero-order valence-electron chi connectivity index (χ0n) is 12.5. The van der Waals surface area contributed by atoms with Crippen LogP contribution < -0.4 is 4.90 Å². The highest BCUT2D eigenvalue weighted by atomic mass is 16.5. The fraction of sp³-hybridized carbons (Fsp3) is 0.562. The van der Waals surface area contributed by atoms with Crippen molar-refractivity contribution in [2.24, 2.45) is 0 Å². The number of aromatic amines is 1. The molecule has 20 heavy (non-hydrogen) atoms. The lowest BCUT2D eigenvalue weighted by atomic mass is 10.2. The molecule has 2 unspecified atom stereocenters. The molecule has 2 saturated heterocycles. The van der Waals surface area contributed by atoms with Crippen LogP contribution in [0, 0.1) is 6.92 Å². The fourth-order valence-electron chi connectivity index (χ4n) is 3.12. The number of nitrogens with zero attached hydrogens (tertiary/aromatic N) is 2. The number of H-pyrrole nitrogens is 1. The zero-order valence-corrected chi connectivity index (χ0v) is 12.5. The van der Waals surface area contributed by atoms with Crippen LogP contribution in [0.2, 0.25) is 0 Å². The van der Waals surface area contributed by atoms with Gasteiger partial charge < -0.3 is 14.6 Å². The maximum Gasteiger partial charge on any atom is 0.137 e. The van der Waals surface area contributed by atoms with Crippen molar-refractivity contribution in [1.82, 2.24) is 9.97 Å². The molecule has 0 aliphatic carbocycles. The second-order valence-electron chi connectivity index (χ2n) is 5.42. The number of aryl methyl sites for hydroxylation is 1. The number of aromatic nitrogens is 2. The zero-order chi connectivity index (χ0) is 14.1. The first-order valence-electron chi connectivity index (χ1n) is 7.64. The van der Waals surface area contributed by atoms with Gasteiger partial charge in [-0.05, 0) is 31.4 Å². The van der Waals surface area contributed by atoms with E-state index in [1.165, 1.54) is 29.5 Å². The van der Waals surface area contributed by atoms with E-state index >= 15 is 0 Å². The summed E-state index contributed by atoms with van der Waals surface area (Å²) in [7, 11) is 0. The standard InChI is InChI=1S/C14H17N3O.C2H6/c1-9-5-15-14-13(9)4-10(6-16-14)17-7-11-2-3-12(8-17)18-11;1-2/h4-6,11-12H,2-3,7-8H2,1H3,(H,15,16);1-2H3. The van der Waals surface area contributed by atoms with Crippen LogP contribution in [0.15, 0.2) is 18.5 Å². The minimum absolute atomic E-state index is 0.423. The van der Waals surface area contributed by atoms with Crippen LogP contribution in [-0.4, -0.2) is 35.3 Å². The molecule has 2 atom stereocenters. The minimum Gasteiger partial charge on any atom is -0.371 e. The average Bonchev–Trinajstić information content (AvgIpc) is 3.04. The molecule has 4 nitrogen and oxygen atoms in total. The summed E-state index contributed by atoms with van der Waals surface area (Å²) in [6.07, 6.45) is 7.26. The summed E-state index contributed by atoms with van der Waals surface area (Å²) in [5, 5.41) is 1.23. The van der Waals surface area contributed by atoms with Gasteiger partial charge in [-0.25, -0.2) is 4.98 Å². The number of hydrogen-bond acceptors (Lipinski definition) is 3. The van der Waals surface area contributed by atoms with Gasteiger partial charge in [0.2, 0.25) is 0 Å². The maximum atomic E-state index is 5.88. The molecule has 2 fully saturated rings. The van der Waals surface area contributed by atoms with E-state index in [9.17, 15) is 0 Å². The lowest BCUT2D eigenvalue weighted by Gasteiger charge is -2.33. The Morgan fingerprint density at radius 1 is 1.25 bits per heavy atom. The van der Waals surface area contributed by atoms with Crippen molar-refractivity contribution in [1.29, 1.82) is 0 Å². The van der Waals surface area contributed by atoms with Gasteiger partial charge in [-0.1, -0.05) is 13.8 Å². The SMILES string of the molecule is CC.Cc1c[nH]c2ncc(N3CC4CCC(C3)O4)cc12. The molecule has 4 heteroatoms. The third kappa shape index (κ3) is 2.29. The van der Waals surface area contributed by atoms with Gasteiger partial charge in [0, 0.05) is 24.7 Å². The Bertz CT molecular complexity index is 580. The largest absolute Gasteiger partial charge is 0.371 e. The molecule has 1 N–H and O–H groups in total. The van der Waals surface area contributed by atoms with Crippen LogP contribution in [0.4, 0.5) is 5.69 Å². The van der Waals surface area contributed by atoms with Gasteiger partial charge >= 0.3 is 0 Å². The number of rotatable bonds is 1. The molecule has 2 aromatic rings. The number of anilines is 1. The molecule has 2 bridgehead atoms. The first kappa shape index (κ1) is 13.4. The first-order chi connectivity index (χ1) is 9.79. The number of hydrogen-bond donors (Lipinski definition) is 1. The molecule has 0 spiro atoms. The van der Waals surface area contributed by atoms with Crippen LogP contribution in [-0.2, 0) is 4.74 Å². The number of nitrogens with one attached hydrogen (secondary N) is 1. The Balaban J connectivity index is 0.000000581. The molecular weight excluding hydrogens is 250 g/mol. The van der Waals surface area contributed by atoms with Gasteiger partial charge in [0.25, 0.3) is 0 Å². The van der Waals surface area contributed by atoms with E-state index in [0.29, 0.717) is 12.2 Å². The van der Waals surface area contributed by atoms with Crippen molar-refractivity contribution in [2.45, 2.75) is 45.8 Å². The second-order valence-corrected chi connectivity index (χ2v) is 5.42. The monoisotopic (exact) mass is 273 g/mol. The maximum absolute atomic E-state index is 5.88. The highest BCUT2D eigenvalue weighted by Crippen LogP contribution is 2.30. The van der Waals surface area contributed by atoms with E-state index in [-0.39, 0.29) is 0 Å². The van der Waals surface area contributed by atoms with Crippen LogP contribution in [0.5, 0.6) is 0 Å². The predicted octanol–water partition coefficient (Wildman–Crippen LogP) is 3.27. The van der Waals surface area contributed by atoms with E-state index in [4.69, 9.17) is 4.74 Å². The van der Waals surface area contributed by atoms with Crippen molar-refractivity contribution in [3.63, 3.8) is 0 Å². The highest BCUT2D eigenvalue weighted by Gasteiger charge is 2.33. The molecular formula is C16H23N3O. The van der Waals surface area contributed by atoms with Crippen LogP contribution >= 0.6 is 0 Å². The molecule has 4 rings (SSSR count). The molecule has 2 aliphatic heterocycles. The van der Waals surface area contributed by atoms with Crippen molar-refractivity contribution >= 4 is 16.7 Å². The third-order valence-corrected chi connectivity index (χ3v) is 4.13. The van der Waals surface area contributed by atoms with E-state index in [2.05, 4.69) is 27.9 Å². The van der Waals surface area contributed by atoms with Crippen molar-refractivity contribution in [3.8, 4) is 0 Å². The quantitative estimate of drug-likeness (QED) is 0.867. The number of fused-ring (bicyclic) bond motifs is 3. The Morgan fingerprint density at radius 3 is 2.65 bits per heavy atom. The second kappa shape index (κ2) is 5.44. The average molecular weight is 273 g/mol. The summed E-state index contributed by atoms with van der Waals surface area (Å²) < 4.78 is 5.88. The van der Waals surface area contributed by atoms with Crippen molar-refractivity contribution < 1.29 is 4.74 Å². The summed E-state index contributed by atoms with van der Waals surface area (Å²) in [5.74, 6) is 0. The van der Waals surface area contributed by atoms with Crippen LogP contribution in [0.3, 0.4) is 0 Å². The Kier molecular flexibility index (Phi) is 3.66. The highest BCUT2D eigenvalue weighted by molar-refractivity contribution is 5.82. The lowest BCUT2D eigenvalue weighted by Crippen LogP contribution is -2.42. The van der Waals surface area contributed by atoms with Gasteiger partial charge in [0.05, 0.1) is 24.1 Å². The van der Waals surface area contributed by atoms with E-state index in [0.717, 1.165) is 18.7 Å². The van der Waals surface area contributed by atoms with Crippen LogP contribution in [0.25, 0.3) is 11.0 Å². The molecule has 2 aliphatic rings. The lowest BCUT2D eigenvalue weighted by molar-refractivity contribution is 0.0305. The first-order valence-corrected chi connectivity index (χ1v) is 7.64. The van der Waals surface area contributed by atoms with Crippen molar-refractivity contribution in [3.05, 3.63) is 24.0 Å². The topological polar surface area (TPSA) is 41.2 Å². The summed E-state index contributed by atoms with van der Waals surface area (Å²) in [6, 6.07) is 2.25. The Morgan fingerprint density at radius 2 is 1.95 bits per heavy atom. The predicted molar refractivity (Wildman–Crippen MR) is 82.3 cm³/mol. The molecule has 0 aromatic carbocycles. The molecule has 0 saturated carbocycles. The summed E-state index contributed by atoms with van der Waals surface area (Å²) in [6.45, 7) is 8.13. The minimum atomic E-state index is 0.423. The third-order valence-electron chi connectivity index (χ3n) is 4.13. The van der Waals surface area contributed by atoms with Gasteiger partial charge in [0.15, 0.2) is 0 Å². The molecule has 0 amide bonds. The van der Waals surface area contributed by atoms with Crippen LogP contribution in [0.1, 0.15) is 32.3 Å². The van der Waals surface area contributed by atoms with Gasteiger partial charge in [-0.3, -0.25) is 0 Å². The van der Waals surface area contributed by atoms with E-state index < -0.39 is 0 Å². The van der Waals surface area contributed by atoms with Gasteiger partial charge in [-0.2, -0.15) is 0 Å². The Labute approximate surface area is 120 Å². The number of morpholine rings is 1. The van der Waals surface area contributed by atoms with Gasteiger partial charge in [0.1, 0.15) is 5.65 Å². The molecule has 4 heterocycles. The summed E-state index contributed by atoms with van der Waals surface area (Å²) in [5.41, 5.74) is 3.47. The molecule has 0 radical (unpaired) electrons. The Hall–Kier alpha value is -1.55. The summed E-state index contributed by atoms with van der Waals surface area (Å²) >= 11 is 0. The fourth-order valence-corrected chi connectivity index (χ4v) is 3.12. The number of ether oxygens (including phenoxy) is 1. The molecule has 2 aromatic heterocycles. The number of pyridine rings is 1. The normalized spacial score (nSPS) is 24.6. The summed E-state index contributed by atoms with van der Waals surface area (Å²) in [4.78, 5) is 10.1.